The van der Waals surface area contributed by atoms with E-state index in [0.29, 0.717) is 6.54 Å². The Hall–Kier alpha value is -1.03. The van der Waals surface area contributed by atoms with Crippen LogP contribution in [0.5, 0.6) is 5.75 Å². The van der Waals surface area contributed by atoms with Gasteiger partial charge in [0.05, 0.1) is 11.4 Å². The third-order valence-electron chi connectivity index (χ3n) is 2.76. The molecule has 0 radical (unpaired) electrons. The minimum Gasteiger partial charge on any atom is -0.489 e. The standard InChI is InChI=1S/C15H22BrNO2/c1-10(2)14(16)15(18)17-9-12(4)19-13-7-5-11(3)6-8-13/h5-8,10,12,14H,9H2,1-4H3,(H,17,18). The normalized spacial score (nSPS) is 14.0. The minimum absolute atomic E-state index is 0.00866. The van der Waals surface area contributed by atoms with Crippen LogP contribution < -0.4 is 10.1 Å². The monoisotopic (exact) mass is 327 g/mol. The molecular weight excluding hydrogens is 306 g/mol. The molecule has 1 aromatic rings. The number of carbonyl (C=O) groups is 1. The molecule has 1 N–H and O–H groups in total. The molecule has 2 unspecified atom stereocenters. The number of carbonyl (C=O) groups excluding carboxylic acids is 1. The van der Waals surface area contributed by atoms with Gasteiger partial charge in [0.25, 0.3) is 0 Å². The van der Waals surface area contributed by atoms with E-state index in [0.717, 1.165) is 5.75 Å². The van der Waals surface area contributed by atoms with Crippen molar-refractivity contribution in [3.05, 3.63) is 29.8 Å². The first kappa shape index (κ1) is 16.0. The lowest BCUT2D eigenvalue weighted by molar-refractivity contribution is -0.121. The number of amides is 1. The van der Waals surface area contributed by atoms with Crippen LogP contribution in [0.15, 0.2) is 24.3 Å². The average molecular weight is 328 g/mol. The molecule has 1 aromatic carbocycles. The molecule has 4 heteroatoms. The van der Waals surface area contributed by atoms with Crippen molar-refractivity contribution in [3.8, 4) is 5.75 Å². The van der Waals surface area contributed by atoms with E-state index in [1.807, 2.05) is 52.0 Å². The van der Waals surface area contributed by atoms with Gasteiger partial charge in [0, 0.05) is 0 Å². The number of rotatable bonds is 6. The molecule has 0 aliphatic rings. The van der Waals surface area contributed by atoms with Gasteiger partial charge in [-0.05, 0) is 31.9 Å². The van der Waals surface area contributed by atoms with Crippen LogP contribution >= 0.6 is 15.9 Å². The Morgan fingerprint density at radius 2 is 1.84 bits per heavy atom. The zero-order valence-corrected chi connectivity index (χ0v) is 13.5. The lowest BCUT2D eigenvalue weighted by Gasteiger charge is -2.18. The summed E-state index contributed by atoms with van der Waals surface area (Å²) in [6.07, 6.45) is -0.0569. The molecule has 0 fully saturated rings. The summed E-state index contributed by atoms with van der Waals surface area (Å²) in [6.45, 7) is 8.49. The quantitative estimate of drug-likeness (QED) is 0.814. The predicted molar refractivity (Wildman–Crippen MR) is 81.8 cm³/mol. The van der Waals surface area contributed by atoms with E-state index in [4.69, 9.17) is 4.74 Å². The summed E-state index contributed by atoms with van der Waals surface area (Å²) in [5.41, 5.74) is 1.20. The number of hydrogen-bond acceptors (Lipinski definition) is 2. The Labute approximate surface area is 123 Å². The first-order valence-electron chi connectivity index (χ1n) is 6.55. The van der Waals surface area contributed by atoms with Gasteiger partial charge >= 0.3 is 0 Å². The van der Waals surface area contributed by atoms with Crippen LogP contribution in [0.3, 0.4) is 0 Å². The zero-order chi connectivity index (χ0) is 14.4. The Morgan fingerprint density at radius 1 is 1.26 bits per heavy atom. The number of ether oxygens (including phenoxy) is 1. The topological polar surface area (TPSA) is 38.3 Å². The van der Waals surface area contributed by atoms with Crippen molar-refractivity contribution in [2.45, 2.75) is 38.6 Å². The molecule has 2 atom stereocenters. The van der Waals surface area contributed by atoms with E-state index in [2.05, 4.69) is 21.2 Å². The van der Waals surface area contributed by atoms with Gasteiger partial charge in [-0.3, -0.25) is 4.79 Å². The third kappa shape index (κ3) is 5.64. The lowest BCUT2D eigenvalue weighted by Crippen LogP contribution is -2.39. The summed E-state index contributed by atoms with van der Waals surface area (Å²) < 4.78 is 5.73. The summed E-state index contributed by atoms with van der Waals surface area (Å²) >= 11 is 3.38. The fourth-order valence-corrected chi connectivity index (χ4v) is 1.70. The largest absolute Gasteiger partial charge is 0.489 e. The number of alkyl halides is 1. The first-order chi connectivity index (χ1) is 8.90. The van der Waals surface area contributed by atoms with Crippen molar-refractivity contribution in [3.63, 3.8) is 0 Å². The summed E-state index contributed by atoms with van der Waals surface area (Å²) in [4.78, 5) is 11.6. The molecule has 0 saturated heterocycles. The van der Waals surface area contributed by atoms with E-state index >= 15 is 0 Å². The second kappa shape index (κ2) is 7.53. The van der Waals surface area contributed by atoms with Crippen molar-refractivity contribution in [1.82, 2.24) is 5.32 Å². The molecule has 0 saturated carbocycles. The summed E-state index contributed by atoms with van der Waals surface area (Å²) in [5, 5.41) is 2.88. The van der Waals surface area contributed by atoms with E-state index in [1.54, 1.807) is 0 Å². The molecule has 106 valence electrons. The van der Waals surface area contributed by atoms with Gasteiger partial charge in [-0.1, -0.05) is 47.5 Å². The van der Waals surface area contributed by atoms with Crippen molar-refractivity contribution in [1.29, 1.82) is 0 Å². The van der Waals surface area contributed by atoms with Crippen LogP contribution in [-0.4, -0.2) is 23.4 Å². The maximum atomic E-state index is 11.8. The zero-order valence-electron chi connectivity index (χ0n) is 11.9. The van der Waals surface area contributed by atoms with Crippen molar-refractivity contribution in [2.75, 3.05) is 6.54 Å². The van der Waals surface area contributed by atoms with Crippen LogP contribution in [-0.2, 0) is 4.79 Å². The van der Waals surface area contributed by atoms with Crippen LogP contribution in [0, 0.1) is 12.8 Å². The van der Waals surface area contributed by atoms with Gasteiger partial charge in [0.1, 0.15) is 11.9 Å². The maximum absolute atomic E-state index is 11.8. The second-order valence-electron chi connectivity index (χ2n) is 5.13. The molecule has 0 aliphatic heterocycles. The Balaban J connectivity index is 2.37. The molecule has 1 rings (SSSR count). The Bertz CT molecular complexity index is 403. The number of nitrogens with one attached hydrogen (secondary N) is 1. The average Bonchev–Trinajstić information content (AvgIpc) is 2.37. The van der Waals surface area contributed by atoms with Crippen molar-refractivity contribution < 1.29 is 9.53 Å². The van der Waals surface area contributed by atoms with Crippen LogP contribution in [0.25, 0.3) is 0 Å². The molecule has 0 heterocycles. The van der Waals surface area contributed by atoms with Gasteiger partial charge in [0.15, 0.2) is 0 Å². The van der Waals surface area contributed by atoms with Gasteiger partial charge < -0.3 is 10.1 Å². The lowest BCUT2D eigenvalue weighted by atomic mass is 10.1. The molecular formula is C15H22BrNO2. The van der Waals surface area contributed by atoms with Gasteiger partial charge in [-0.2, -0.15) is 0 Å². The molecule has 3 nitrogen and oxygen atoms in total. The summed E-state index contributed by atoms with van der Waals surface area (Å²) in [7, 11) is 0. The number of hydrogen-bond donors (Lipinski definition) is 1. The predicted octanol–water partition coefficient (Wildman–Crippen LogP) is 3.30. The number of halogens is 1. The fourth-order valence-electron chi connectivity index (χ4n) is 1.54. The highest BCUT2D eigenvalue weighted by Crippen LogP contribution is 2.14. The number of aryl methyl sites for hydroxylation is 1. The highest BCUT2D eigenvalue weighted by atomic mass is 79.9. The molecule has 19 heavy (non-hydrogen) atoms. The maximum Gasteiger partial charge on any atom is 0.234 e. The van der Waals surface area contributed by atoms with E-state index in [1.165, 1.54) is 5.56 Å². The molecule has 0 aromatic heterocycles. The minimum atomic E-state index is -0.154. The smallest absolute Gasteiger partial charge is 0.234 e. The molecule has 1 amide bonds. The fraction of sp³-hybridized carbons (Fsp3) is 0.533. The first-order valence-corrected chi connectivity index (χ1v) is 7.47. The second-order valence-corrected chi connectivity index (χ2v) is 6.12. The third-order valence-corrected chi connectivity index (χ3v) is 4.23. The Kier molecular flexibility index (Phi) is 6.35. The van der Waals surface area contributed by atoms with Crippen molar-refractivity contribution in [2.24, 2.45) is 5.92 Å². The van der Waals surface area contributed by atoms with Crippen LogP contribution in [0.4, 0.5) is 0 Å². The summed E-state index contributed by atoms with van der Waals surface area (Å²) in [6, 6.07) is 7.89. The van der Waals surface area contributed by atoms with Crippen molar-refractivity contribution >= 4 is 21.8 Å². The van der Waals surface area contributed by atoms with E-state index in [-0.39, 0.29) is 22.8 Å². The molecule has 0 aliphatic carbocycles. The van der Waals surface area contributed by atoms with Crippen LogP contribution in [0.1, 0.15) is 26.3 Å². The molecule has 0 spiro atoms. The Morgan fingerprint density at radius 3 is 2.37 bits per heavy atom. The van der Waals surface area contributed by atoms with Gasteiger partial charge in [-0.25, -0.2) is 0 Å². The van der Waals surface area contributed by atoms with Crippen LogP contribution in [0.2, 0.25) is 0 Å². The van der Waals surface area contributed by atoms with E-state index < -0.39 is 0 Å². The van der Waals surface area contributed by atoms with Gasteiger partial charge in [-0.15, -0.1) is 0 Å². The van der Waals surface area contributed by atoms with E-state index in [9.17, 15) is 4.79 Å². The SMILES string of the molecule is Cc1ccc(OC(C)CNC(=O)C(Br)C(C)C)cc1. The van der Waals surface area contributed by atoms with Gasteiger partial charge in [0.2, 0.25) is 5.91 Å². The highest BCUT2D eigenvalue weighted by Gasteiger charge is 2.18. The number of benzene rings is 1. The molecule has 0 bridgehead atoms. The highest BCUT2D eigenvalue weighted by molar-refractivity contribution is 9.10. The summed E-state index contributed by atoms with van der Waals surface area (Å²) in [5.74, 6) is 1.11.